The third kappa shape index (κ3) is 6.88. The van der Waals surface area contributed by atoms with Gasteiger partial charge in [-0.2, -0.15) is 0 Å². The van der Waals surface area contributed by atoms with E-state index in [0.717, 1.165) is 5.56 Å². The molecule has 3 aromatic carbocycles. The molecular formula is C21H18Br2Cl2O4. The van der Waals surface area contributed by atoms with Gasteiger partial charge in [-0.3, -0.25) is 0 Å². The monoisotopic (exact) mass is 562 g/mol. The summed E-state index contributed by atoms with van der Waals surface area (Å²) in [6, 6.07) is 15.7. The van der Waals surface area contributed by atoms with Crippen LogP contribution in [-0.2, 0) is 11.2 Å². The molecule has 0 heterocycles. The van der Waals surface area contributed by atoms with Crippen LogP contribution in [0.1, 0.15) is 23.0 Å². The number of ether oxygens (including phenoxy) is 1. The third-order valence-corrected chi connectivity index (χ3v) is 5.55. The summed E-state index contributed by atoms with van der Waals surface area (Å²) in [7, 11) is 1.47. The molecule has 0 amide bonds. The highest BCUT2D eigenvalue weighted by molar-refractivity contribution is 9.10. The zero-order chi connectivity index (χ0) is 21.6. The SMILES string of the molecule is COC(O)c1ccccc1.Oc1c(Br)cc(Cl)cc1Cc1cc(Cl)cc(Br)c1O. The molecule has 3 aromatic rings. The van der Waals surface area contributed by atoms with E-state index in [1.165, 1.54) is 7.11 Å². The number of phenolic OH excluding ortho intramolecular Hbond substituents is 2. The number of rotatable bonds is 4. The first-order valence-electron chi connectivity index (χ1n) is 8.32. The van der Waals surface area contributed by atoms with Gasteiger partial charge < -0.3 is 20.1 Å². The van der Waals surface area contributed by atoms with Gasteiger partial charge in [-0.15, -0.1) is 0 Å². The number of aliphatic hydroxyl groups is 1. The van der Waals surface area contributed by atoms with Crippen molar-refractivity contribution in [1.29, 1.82) is 0 Å². The quantitative estimate of drug-likeness (QED) is 0.303. The standard InChI is InChI=1S/C13H8Br2Cl2O2.C8H10O2/c14-10-4-8(16)2-6(12(10)18)1-7-3-9(17)5-11(15)13(7)19;1-10-8(9)7-5-3-2-4-6-7/h2-5,18-19H,1H2;2-6,8-9H,1H3. The fraction of sp³-hybridized carbons (Fsp3) is 0.143. The number of aliphatic hydroxyl groups excluding tert-OH is 1. The van der Waals surface area contributed by atoms with Crippen LogP contribution < -0.4 is 0 Å². The Morgan fingerprint density at radius 1 is 0.862 bits per heavy atom. The van der Waals surface area contributed by atoms with E-state index < -0.39 is 6.29 Å². The summed E-state index contributed by atoms with van der Waals surface area (Å²) in [4.78, 5) is 0. The molecule has 0 aromatic heterocycles. The molecule has 4 nitrogen and oxygen atoms in total. The minimum Gasteiger partial charge on any atom is -0.506 e. The molecule has 29 heavy (non-hydrogen) atoms. The van der Waals surface area contributed by atoms with Crippen LogP contribution in [0.15, 0.2) is 63.5 Å². The van der Waals surface area contributed by atoms with Crippen molar-refractivity contribution >= 4 is 55.1 Å². The van der Waals surface area contributed by atoms with Crippen molar-refractivity contribution in [1.82, 2.24) is 0 Å². The summed E-state index contributed by atoms with van der Waals surface area (Å²) in [5.41, 5.74) is 1.98. The molecule has 0 radical (unpaired) electrons. The van der Waals surface area contributed by atoms with Crippen LogP contribution in [0.2, 0.25) is 10.0 Å². The molecule has 1 atom stereocenters. The molecule has 8 heteroatoms. The number of aromatic hydroxyl groups is 2. The largest absolute Gasteiger partial charge is 0.506 e. The Hall–Kier alpha value is -1.28. The van der Waals surface area contributed by atoms with Crippen molar-refractivity contribution in [3.63, 3.8) is 0 Å². The van der Waals surface area contributed by atoms with Gasteiger partial charge in [0.15, 0.2) is 6.29 Å². The molecule has 0 spiro atoms. The van der Waals surface area contributed by atoms with Gasteiger partial charge in [-0.1, -0.05) is 53.5 Å². The number of methoxy groups -OCH3 is 1. The average molecular weight is 565 g/mol. The van der Waals surface area contributed by atoms with E-state index in [9.17, 15) is 10.2 Å². The minimum absolute atomic E-state index is 0.0971. The van der Waals surface area contributed by atoms with Gasteiger partial charge in [0.2, 0.25) is 0 Å². The fourth-order valence-corrected chi connectivity index (χ4v) is 4.21. The lowest BCUT2D eigenvalue weighted by atomic mass is 10.0. The number of hydrogen-bond acceptors (Lipinski definition) is 4. The van der Waals surface area contributed by atoms with Crippen LogP contribution in [0, 0.1) is 0 Å². The minimum atomic E-state index is -0.791. The fourth-order valence-electron chi connectivity index (χ4n) is 2.47. The summed E-state index contributed by atoms with van der Waals surface area (Å²) in [5, 5.41) is 30.1. The van der Waals surface area contributed by atoms with Gasteiger partial charge in [0.1, 0.15) is 11.5 Å². The predicted molar refractivity (Wildman–Crippen MR) is 123 cm³/mol. The highest BCUT2D eigenvalue weighted by Gasteiger charge is 2.13. The topological polar surface area (TPSA) is 69.9 Å². The average Bonchev–Trinajstić information content (AvgIpc) is 2.70. The molecule has 0 aliphatic carbocycles. The Bertz CT molecular complexity index is 913. The van der Waals surface area contributed by atoms with Crippen LogP contribution >= 0.6 is 55.1 Å². The van der Waals surface area contributed by atoms with Crippen LogP contribution in [-0.4, -0.2) is 22.4 Å². The Kier molecular flexibility index (Phi) is 9.27. The van der Waals surface area contributed by atoms with Crippen molar-refractivity contribution in [2.75, 3.05) is 7.11 Å². The van der Waals surface area contributed by atoms with Crippen molar-refractivity contribution < 1.29 is 20.1 Å². The first-order valence-corrected chi connectivity index (χ1v) is 10.7. The second-order valence-corrected chi connectivity index (χ2v) is 8.55. The number of hydrogen-bond donors (Lipinski definition) is 3. The number of halogens is 4. The van der Waals surface area contributed by atoms with E-state index >= 15 is 0 Å². The lowest BCUT2D eigenvalue weighted by Crippen LogP contribution is -1.97. The Balaban J connectivity index is 0.000000253. The molecule has 0 fully saturated rings. The molecular weight excluding hydrogens is 547 g/mol. The Morgan fingerprint density at radius 3 is 1.72 bits per heavy atom. The molecule has 0 aliphatic heterocycles. The third-order valence-electron chi connectivity index (χ3n) is 3.90. The second-order valence-electron chi connectivity index (χ2n) is 5.97. The Morgan fingerprint density at radius 2 is 1.31 bits per heavy atom. The van der Waals surface area contributed by atoms with Crippen LogP contribution in [0.3, 0.4) is 0 Å². The molecule has 3 N–H and O–H groups in total. The van der Waals surface area contributed by atoms with E-state index in [1.807, 2.05) is 30.3 Å². The van der Waals surface area contributed by atoms with Crippen LogP contribution in [0.4, 0.5) is 0 Å². The summed E-state index contributed by atoms with van der Waals surface area (Å²) in [5.74, 6) is 0.194. The lowest BCUT2D eigenvalue weighted by Gasteiger charge is -2.10. The summed E-state index contributed by atoms with van der Waals surface area (Å²) >= 11 is 18.4. The maximum absolute atomic E-state index is 9.98. The van der Waals surface area contributed by atoms with Gasteiger partial charge in [-0.25, -0.2) is 0 Å². The molecule has 0 saturated carbocycles. The predicted octanol–water partition coefficient (Wildman–Crippen LogP) is 6.84. The van der Waals surface area contributed by atoms with Crippen molar-refractivity contribution in [2.45, 2.75) is 12.7 Å². The lowest BCUT2D eigenvalue weighted by molar-refractivity contribution is -0.0769. The molecule has 3 rings (SSSR count). The normalized spacial score (nSPS) is 11.5. The maximum Gasteiger partial charge on any atom is 0.180 e. The molecule has 0 saturated heterocycles. The smallest absolute Gasteiger partial charge is 0.180 e. The van der Waals surface area contributed by atoms with Gasteiger partial charge in [-0.05, 0) is 56.1 Å². The first kappa shape index (κ1) is 24.0. The van der Waals surface area contributed by atoms with Crippen molar-refractivity contribution in [3.05, 3.63) is 90.3 Å². The summed E-state index contributed by atoms with van der Waals surface area (Å²) in [6.45, 7) is 0. The van der Waals surface area contributed by atoms with Crippen LogP contribution in [0.5, 0.6) is 11.5 Å². The van der Waals surface area contributed by atoms with E-state index in [0.29, 0.717) is 36.5 Å². The van der Waals surface area contributed by atoms with Gasteiger partial charge in [0, 0.05) is 40.3 Å². The summed E-state index contributed by atoms with van der Waals surface area (Å²) in [6.07, 6.45) is -0.475. The van der Waals surface area contributed by atoms with E-state index in [4.69, 9.17) is 33.0 Å². The summed E-state index contributed by atoms with van der Waals surface area (Å²) < 4.78 is 5.71. The zero-order valence-electron chi connectivity index (χ0n) is 15.2. The molecule has 1 unspecified atom stereocenters. The van der Waals surface area contributed by atoms with E-state index in [2.05, 4.69) is 31.9 Å². The van der Waals surface area contributed by atoms with Crippen LogP contribution in [0.25, 0.3) is 0 Å². The molecule has 0 aliphatic rings. The second kappa shape index (κ2) is 11.2. The zero-order valence-corrected chi connectivity index (χ0v) is 19.9. The molecule has 154 valence electrons. The number of benzene rings is 3. The van der Waals surface area contributed by atoms with E-state index in [-0.39, 0.29) is 11.5 Å². The highest BCUT2D eigenvalue weighted by atomic mass is 79.9. The molecule has 0 bridgehead atoms. The van der Waals surface area contributed by atoms with Crippen molar-refractivity contribution in [2.24, 2.45) is 0 Å². The van der Waals surface area contributed by atoms with Gasteiger partial charge in [0.05, 0.1) is 8.95 Å². The first-order chi connectivity index (χ1) is 13.7. The van der Waals surface area contributed by atoms with E-state index in [1.54, 1.807) is 24.3 Å². The van der Waals surface area contributed by atoms with Gasteiger partial charge >= 0.3 is 0 Å². The van der Waals surface area contributed by atoms with Crippen molar-refractivity contribution in [3.8, 4) is 11.5 Å². The number of phenols is 2. The highest BCUT2D eigenvalue weighted by Crippen LogP contribution is 2.37. The maximum atomic E-state index is 9.98. The van der Waals surface area contributed by atoms with Gasteiger partial charge in [0.25, 0.3) is 0 Å². The Labute approximate surface area is 195 Å².